The molecule has 2 unspecified atom stereocenters. The summed E-state index contributed by atoms with van der Waals surface area (Å²) in [5, 5.41) is 14.0. The standard InChI is InChI=1S/C14H16BrClN2O3/c15-12-4-2-1-3-9(12)8-17-14(19)11-6-5-10(16)7-13(11)18(20)21/h5-7,9,12H,1-4,8H2,(H,17,19). The van der Waals surface area contributed by atoms with E-state index in [0.29, 0.717) is 17.3 Å². The minimum Gasteiger partial charge on any atom is -0.351 e. The molecule has 0 aromatic heterocycles. The third-order valence-corrected chi connectivity index (χ3v) is 5.18. The number of carbonyl (C=O) groups excluding carboxylic acids is 1. The minimum atomic E-state index is -0.589. The molecule has 1 fully saturated rings. The number of nitrogens with one attached hydrogen (secondary N) is 1. The Labute approximate surface area is 136 Å². The van der Waals surface area contributed by atoms with E-state index in [1.165, 1.54) is 24.6 Å². The predicted octanol–water partition coefficient (Wildman–Crippen LogP) is 3.93. The highest BCUT2D eigenvalue weighted by Crippen LogP contribution is 2.29. The first-order valence-corrected chi connectivity index (χ1v) is 8.14. The number of halogens is 2. The zero-order valence-corrected chi connectivity index (χ0v) is 13.7. The third-order valence-electron chi connectivity index (χ3n) is 3.74. The van der Waals surface area contributed by atoms with Crippen LogP contribution in [-0.2, 0) is 0 Å². The van der Waals surface area contributed by atoms with Gasteiger partial charge in [0, 0.05) is 22.5 Å². The highest BCUT2D eigenvalue weighted by atomic mass is 79.9. The fourth-order valence-corrected chi connectivity index (χ4v) is 3.50. The topological polar surface area (TPSA) is 72.2 Å². The molecule has 0 radical (unpaired) electrons. The number of hydrogen-bond acceptors (Lipinski definition) is 3. The van der Waals surface area contributed by atoms with Crippen LogP contribution in [0.3, 0.4) is 0 Å². The van der Waals surface area contributed by atoms with Crippen molar-refractivity contribution in [2.75, 3.05) is 6.54 Å². The number of nitrogens with zero attached hydrogens (tertiary/aromatic N) is 1. The van der Waals surface area contributed by atoms with E-state index in [0.717, 1.165) is 19.3 Å². The van der Waals surface area contributed by atoms with Crippen LogP contribution < -0.4 is 5.32 Å². The summed E-state index contributed by atoms with van der Waals surface area (Å²) in [6, 6.07) is 4.07. The lowest BCUT2D eigenvalue weighted by Gasteiger charge is -2.27. The summed E-state index contributed by atoms with van der Waals surface area (Å²) in [6.07, 6.45) is 4.51. The molecule has 2 atom stereocenters. The van der Waals surface area contributed by atoms with E-state index in [1.807, 2.05) is 0 Å². The molecule has 0 heterocycles. The lowest BCUT2D eigenvalue weighted by atomic mass is 9.89. The second kappa shape index (κ2) is 7.22. The maximum Gasteiger partial charge on any atom is 0.283 e. The molecular formula is C14H16BrClN2O3. The van der Waals surface area contributed by atoms with Crippen LogP contribution in [0.25, 0.3) is 0 Å². The first-order chi connectivity index (χ1) is 9.99. The second-order valence-corrected chi connectivity index (χ2v) is 6.80. The van der Waals surface area contributed by atoms with Crippen LogP contribution in [0, 0.1) is 16.0 Å². The smallest absolute Gasteiger partial charge is 0.283 e. The molecule has 7 heteroatoms. The number of nitro benzene ring substituents is 1. The summed E-state index contributed by atoms with van der Waals surface area (Å²) in [5.74, 6) is -0.0577. The Bertz CT molecular complexity index is 553. The molecule has 21 heavy (non-hydrogen) atoms. The zero-order valence-electron chi connectivity index (χ0n) is 11.4. The molecular weight excluding hydrogens is 360 g/mol. The Morgan fingerprint density at radius 3 is 2.81 bits per heavy atom. The largest absolute Gasteiger partial charge is 0.351 e. The van der Waals surface area contributed by atoms with Crippen molar-refractivity contribution in [3.63, 3.8) is 0 Å². The average molecular weight is 376 g/mol. The number of benzene rings is 1. The van der Waals surface area contributed by atoms with Gasteiger partial charge >= 0.3 is 0 Å². The van der Waals surface area contributed by atoms with Gasteiger partial charge in [-0.3, -0.25) is 14.9 Å². The van der Waals surface area contributed by atoms with Crippen molar-refractivity contribution < 1.29 is 9.72 Å². The highest BCUT2D eigenvalue weighted by Gasteiger charge is 2.25. The van der Waals surface area contributed by atoms with E-state index in [9.17, 15) is 14.9 Å². The monoisotopic (exact) mass is 374 g/mol. The van der Waals surface area contributed by atoms with Gasteiger partial charge in [0.25, 0.3) is 11.6 Å². The van der Waals surface area contributed by atoms with Gasteiger partial charge in [-0.15, -0.1) is 0 Å². The van der Waals surface area contributed by atoms with Crippen molar-refractivity contribution in [2.24, 2.45) is 5.92 Å². The fraction of sp³-hybridized carbons (Fsp3) is 0.500. The maximum atomic E-state index is 12.2. The van der Waals surface area contributed by atoms with E-state index in [4.69, 9.17) is 11.6 Å². The molecule has 1 aromatic carbocycles. The lowest BCUT2D eigenvalue weighted by Crippen LogP contribution is -2.34. The van der Waals surface area contributed by atoms with E-state index in [1.54, 1.807) is 0 Å². The van der Waals surface area contributed by atoms with Crippen molar-refractivity contribution in [1.29, 1.82) is 0 Å². The van der Waals surface area contributed by atoms with Gasteiger partial charge in [-0.2, -0.15) is 0 Å². The third kappa shape index (κ3) is 4.17. The molecule has 1 aliphatic rings. The van der Waals surface area contributed by atoms with Crippen LogP contribution in [0.2, 0.25) is 5.02 Å². The average Bonchev–Trinajstić information content (AvgIpc) is 2.46. The number of alkyl halides is 1. The number of amides is 1. The SMILES string of the molecule is O=C(NCC1CCCCC1Br)c1ccc(Cl)cc1[N+](=O)[O-]. The predicted molar refractivity (Wildman–Crippen MR) is 85.1 cm³/mol. The molecule has 1 saturated carbocycles. The van der Waals surface area contributed by atoms with Crippen molar-refractivity contribution in [3.8, 4) is 0 Å². The fourth-order valence-electron chi connectivity index (χ4n) is 2.56. The van der Waals surface area contributed by atoms with Crippen LogP contribution in [0.4, 0.5) is 5.69 Å². The molecule has 114 valence electrons. The van der Waals surface area contributed by atoms with E-state index < -0.39 is 10.8 Å². The van der Waals surface area contributed by atoms with Gasteiger partial charge in [-0.05, 0) is 30.9 Å². The Balaban J connectivity index is 2.05. The lowest BCUT2D eigenvalue weighted by molar-refractivity contribution is -0.385. The molecule has 2 rings (SSSR count). The van der Waals surface area contributed by atoms with Crippen molar-refractivity contribution in [3.05, 3.63) is 38.9 Å². The van der Waals surface area contributed by atoms with Crippen LogP contribution in [0.1, 0.15) is 36.0 Å². The Morgan fingerprint density at radius 2 is 2.14 bits per heavy atom. The summed E-state index contributed by atoms with van der Waals surface area (Å²) in [6.45, 7) is 0.522. The van der Waals surface area contributed by atoms with Crippen LogP contribution in [-0.4, -0.2) is 22.2 Å². The van der Waals surface area contributed by atoms with Crippen LogP contribution in [0.5, 0.6) is 0 Å². The summed E-state index contributed by atoms with van der Waals surface area (Å²) >= 11 is 9.37. The highest BCUT2D eigenvalue weighted by molar-refractivity contribution is 9.09. The molecule has 0 aliphatic heterocycles. The number of rotatable bonds is 4. The second-order valence-electron chi connectivity index (χ2n) is 5.19. The summed E-state index contributed by atoms with van der Waals surface area (Å²) in [4.78, 5) is 23.0. The Morgan fingerprint density at radius 1 is 1.43 bits per heavy atom. The summed E-state index contributed by atoms with van der Waals surface area (Å²) in [5.41, 5.74) is -0.217. The molecule has 5 nitrogen and oxygen atoms in total. The molecule has 1 aromatic rings. The summed E-state index contributed by atoms with van der Waals surface area (Å²) < 4.78 is 0. The first kappa shape index (κ1) is 16.2. The molecule has 0 saturated heterocycles. The quantitative estimate of drug-likeness (QED) is 0.492. The van der Waals surface area contributed by atoms with Gasteiger partial charge in [0.05, 0.1) is 4.92 Å². The van der Waals surface area contributed by atoms with Gasteiger partial charge < -0.3 is 5.32 Å². The minimum absolute atomic E-state index is 0.0475. The van der Waals surface area contributed by atoms with E-state index >= 15 is 0 Å². The number of nitro groups is 1. The Kier molecular flexibility index (Phi) is 5.58. The number of hydrogen-bond donors (Lipinski definition) is 1. The van der Waals surface area contributed by atoms with Gasteiger partial charge in [-0.1, -0.05) is 40.4 Å². The molecule has 0 bridgehead atoms. The van der Waals surface area contributed by atoms with Crippen molar-refractivity contribution >= 4 is 39.1 Å². The van der Waals surface area contributed by atoms with Gasteiger partial charge in [0.15, 0.2) is 0 Å². The summed E-state index contributed by atoms with van der Waals surface area (Å²) in [7, 11) is 0. The molecule has 1 aliphatic carbocycles. The van der Waals surface area contributed by atoms with Gasteiger partial charge in [-0.25, -0.2) is 0 Å². The van der Waals surface area contributed by atoms with E-state index in [-0.39, 0.29) is 16.3 Å². The maximum absolute atomic E-state index is 12.2. The van der Waals surface area contributed by atoms with Gasteiger partial charge in [0.1, 0.15) is 5.56 Å². The normalized spacial score (nSPS) is 21.8. The Hall–Kier alpha value is -1.14. The zero-order chi connectivity index (χ0) is 15.4. The van der Waals surface area contributed by atoms with Gasteiger partial charge in [0.2, 0.25) is 0 Å². The number of carbonyl (C=O) groups is 1. The van der Waals surface area contributed by atoms with Crippen LogP contribution in [0.15, 0.2) is 18.2 Å². The van der Waals surface area contributed by atoms with Crippen LogP contribution >= 0.6 is 27.5 Å². The van der Waals surface area contributed by atoms with E-state index in [2.05, 4.69) is 21.2 Å². The van der Waals surface area contributed by atoms with Crippen molar-refractivity contribution in [2.45, 2.75) is 30.5 Å². The molecule has 1 N–H and O–H groups in total. The molecule has 1 amide bonds. The first-order valence-electron chi connectivity index (χ1n) is 6.85. The molecule has 0 spiro atoms. The van der Waals surface area contributed by atoms with Crippen molar-refractivity contribution in [1.82, 2.24) is 5.32 Å².